The summed E-state index contributed by atoms with van der Waals surface area (Å²) in [4.78, 5) is 22.1. The predicted molar refractivity (Wildman–Crippen MR) is 55.0 cm³/mol. The van der Waals surface area contributed by atoms with Crippen LogP contribution in [0.25, 0.3) is 0 Å². The molecule has 1 aromatic heterocycles. The van der Waals surface area contributed by atoms with E-state index in [2.05, 4.69) is 0 Å². The van der Waals surface area contributed by atoms with Gasteiger partial charge in [-0.05, 0) is 18.4 Å². The van der Waals surface area contributed by atoms with Gasteiger partial charge in [0.1, 0.15) is 0 Å². The van der Waals surface area contributed by atoms with Crippen molar-refractivity contribution in [3.8, 4) is 0 Å². The lowest BCUT2D eigenvalue weighted by molar-refractivity contribution is 0.0696. The summed E-state index contributed by atoms with van der Waals surface area (Å²) in [6, 6.07) is 2.64. The quantitative estimate of drug-likeness (QED) is 0.810. The summed E-state index contributed by atoms with van der Waals surface area (Å²) in [5, 5.41) is 8.68. The highest BCUT2D eigenvalue weighted by atomic mass is 16.4. The van der Waals surface area contributed by atoms with E-state index in [-0.39, 0.29) is 11.1 Å². The van der Waals surface area contributed by atoms with Gasteiger partial charge in [0.2, 0.25) is 0 Å². The number of carboxylic acid groups (broad SMARTS) is 1. The van der Waals surface area contributed by atoms with Crippen molar-refractivity contribution in [1.29, 1.82) is 0 Å². The van der Waals surface area contributed by atoms with Gasteiger partial charge in [-0.2, -0.15) is 0 Å². The molecule has 1 aromatic rings. The van der Waals surface area contributed by atoms with Crippen LogP contribution in [0.5, 0.6) is 0 Å². The highest BCUT2D eigenvalue weighted by Crippen LogP contribution is 2.32. The number of hydrogen-bond donors (Lipinski definition) is 1. The largest absolute Gasteiger partial charge is 0.478 e. The Morgan fingerprint density at radius 2 is 2.27 bits per heavy atom. The van der Waals surface area contributed by atoms with Gasteiger partial charge in [0.25, 0.3) is 5.56 Å². The van der Waals surface area contributed by atoms with E-state index >= 15 is 0 Å². The van der Waals surface area contributed by atoms with E-state index < -0.39 is 5.97 Å². The fraction of sp³-hybridized carbons (Fsp3) is 0.455. The Bertz CT molecular complexity index is 432. The van der Waals surface area contributed by atoms with Gasteiger partial charge < -0.3 is 9.67 Å². The van der Waals surface area contributed by atoms with Crippen LogP contribution in [0.15, 0.2) is 23.1 Å². The maximum atomic E-state index is 11.5. The molecule has 0 radical (unpaired) electrons. The summed E-state index contributed by atoms with van der Waals surface area (Å²) in [5.41, 5.74) is -0.168. The molecule has 1 fully saturated rings. The summed E-state index contributed by atoms with van der Waals surface area (Å²) in [5.74, 6) is -0.280. The Balaban J connectivity index is 2.11. The summed E-state index contributed by atoms with van der Waals surface area (Å²) in [6.45, 7) is 0.698. The van der Waals surface area contributed by atoms with Crippen LogP contribution >= 0.6 is 0 Å². The number of carboxylic acids is 1. The summed E-state index contributed by atoms with van der Waals surface area (Å²) < 4.78 is 1.57. The summed E-state index contributed by atoms with van der Waals surface area (Å²) in [6.07, 6.45) is 5.12. The van der Waals surface area contributed by atoms with Crippen LogP contribution in [-0.4, -0.2) is 15.6 Å². The van der Waals surface area contributed by atoms with Crippen molar-refractivity contribution in [2.45, 2.75) is 25.8 Å². The maximum absolute atomic E-state index is 11.5. The molecule has 0 unspecified atom stereocenters. The third-order valence-corrected chi connectivity index (χ3v) is 2.72. The Hall–Kier alpha value is -1.58. The minimum atomic E-state index is -1.05. The molecule has 4 nitrogen and oxygen atoms in total. The molecule has 80 valence electrons. The van der Waals surface area contributed by atoms with E-state index in [0.717, 1.165) is 12.3 Å². The lowest BCUT2D eigenvalue weighted by Gasteiger charge is -2.04. The molecule has 0 aromatic carbocycles. The Morgan fingerprint density at radius 1 is 1.53 bits per heavy atom. The minimum Gasteiger partial charge on any atom is -0.478 e. The van der Waals surface area contributed by atoms with Crippen LogP contribution in [-0.2, 0) is 6.54 Å². The van der Waals surface area contributed by atoms with E-state index in [0.29, 0.717) is 6.54 Å². The molecule has 1 aliphatic carbocycles. The van der Waals surface area contributed by atoms with Crippen molar-refractivity contribution in [2.24, 2.45) is 5.92 Å². The van der Waals surface area contributed by atoms with E-state index in [1.807, 2.05) is 0 Å². The number of carbonyl (C=O) groups is 1. The zero-order valence-electron chi connectivity index (χ0n) is 8.35. The Morgan fingerprint density at radius 3 is 2.80 bits per heavy atom. The van der Waals surface area contributed by atoms with Gasteiger partial charge in [-0.1, -0.05) is 12.8 Å². The van der Waals surface area contributed by atoms with Crippen molar-refractivity contribution in [3.05, 3.63) is 34.2 Å². The molecule has 1 heterocycles. The number of aromatic nitrogens is 1. The van der Waals surface area contributed by atoms with Crippen molar-refractivity contribution < 1.29 is 9.90 Å². The normalized spacial score (nSPS) is 15.2. The second-order valence-electron chi connectivity index (χ2n) is 3.98. The zero-order valence-corrected chi connectivity index (χ0v) is 8.35. The van der Waals surface area contributed by atoms with E-state index in [4.69, 9.17) is 5.11 Å². The number of hydrogen-bond acceptors (Lipinski definition) is 2. The highest BCUT2D eigenvalue weighted by molar-refractivity contribution is 5.87. The van der Waals surface area contributed by atoms with Gasteiger partial charge >= 0.3 is 5.97 Å². The number of aromatic carboxylic acids is 1. The van der Waals surface area contributed by atoms with Gasteiger partial charge in [0.15, 0.2) is 0 Å². The van der Waals surface area contributed by atoms with Gasteiger partial charge in [-0.25, -0.2) is 4.79 Å². The standard InChI is InChI=1S/C11H13NO3/c13-10-7-9(11(14)15)4-6-12(10)5-3-8-1-2-8/h4,6-8H,1-3,5H2,(H,14,15). The molecule has 0 bridgehead atoms. The number of pyridine rings is 1. The second kappa shape index (κ2) is 3.88. The third-order valence-electron chi connectivity index (χ3n) is 2.72. The predicted octanol–water partition coefficient (Wildman–Crippen LogP) is 1.35. The molecule has 0 amide bonds. The SMILES string of the molecule is O=C(O)c1ccn(CCC2CC2)c(=O)c1. The number of nitrogens with zero attached hydrogens (tertiary/aromatic N) is 1. The molecule has 1 N–H and O–H groups in total. The molecule has 0 aliphatic heterocycles. The first kappa shape index (κ1) is 9.96. The lowest BCUT2D eigenvalue weighted by Crippen LogP contribution is -2.20. The molecule has 4 heteroatoms. The first-order valence-corrected chi connectivity index (χ1v) is 5.10. The molecule has 0 atom stereocenters. The zero-order chi connectivity index (χ0) is 10.8. The first-order chi connectivity index (χ1) is 7.16. The molecule has 2 rings (SSSR count). The molecular formula is C11H13NO3. The van der Waals surface area contributed by atoms with Crippen molar-refractivity contribution >= 4 is 5.97 Å². The molecular weight excluding hydrogens is 194 g/mol. The molecule has 0 saturated heterocycles. The average molecular weight is 207 g/mol. The monoisotopic (exact) mass is 207 g/mol. The topological polar surface area (TPSA) is 59.3 Å². The van der Waals surface area contributed by atoms with Crippen molar-refractivity contribution in [1.82, 2.24) is 4.57 Å². The van der Waals surface area contributed by atoms with Crippen LogP contribution in [0.3, 0.4) is 0 Å². The van der Waals surface area contributed by atoms with E-state index in [1.54, 1.807) is 10.8 Å². The fourth-order valence-electron chi connectivity index (χ4n) is 1.55. The fourth-order valence-corrected chi connectivity index (χ4v) is 1.55. The lowest BCUT2D eigenvalue weighted by atomic mass is 10.2. The molecule has 15 heavy (non-hydrogen) atoms. The van der Waals surface area contributed by atoms with Crippen LogP contribution in [0.4, 0.5) is 0 Å². The smallest absolute Gasteiger partial charge is 0.335 e. The van der Waals surface area contributed by atoms with Gasteiger partial charge in [-0.3, -0.25) is 4.79 Å². The Labute approximate surface area is 87.2 Å². The van der Waals surface area contributed by atoms with Gasteiger partial charge in [-0.15, -0.1) is 0 Å². The van der Waals surface area contributed by atoms with Crippen LogP contribution in [0, 0.1) is 5.92 Å². The maximum Gasteiger partial charge on any atom is 0.335 e. The average Bonchev–Trinajstić information content (AvgIpc) is 2.99. The Kier molecular flexibility index (Phi) is 2.58. The highest BCUT2D eigenvalue weighted by Gasteiger charge is 2.20. The van der Waals surface area contributed by atoms with Gasteiger partial charge in [0.05, 0.1) is 5.56 Å². The van der Waals surface area contributed by atoms with Gasteiger partial charge in [0, 0.05) is 18.8 Å². The van der Waals surface area contributed by atoms with Crippen molar-refractivity contribution in [3.63, 3.8) is 0 Å². The number of rotatable bonds is 4. The van der Waals surface area contributed by atoms with Crippen LogP contribution in [0.1, 0.15) is 29.6 Å². The summed E-state index contributed by atoms with van der Waals surface area (Å²) in [7, 11) is 0. The summed E-state index contributed by atoms with van der Waals surface area (Å²) >= 11 is 0. The van der Waals surface area contributed by atoms with E-state index in [1.165, 1.54) is 25.0 Å². The third kappa shape index (κ3) is 2.46. The first-order valence-electron chi connectivity index (χ1n) is 5.10. The molecule has 1 saturated carbocycles. The minimum absolute atomic E-state index is 0.0580. The number of aryl methyl sites for hydroxylation is 1. The second-order valence-corrected chi connectivity index (χ2v) is 3.98. The van der Waals surface area contributed by atoms with Crippen molar-refractivity contribution in [2.75, 3.05) is 0 Å². The molecule has 0 spiro atoms. The van der Waals surface area contributed by atoms with Crippen LogP contribution in [0.2, 0.25) is 0 Å². The van der Waals surface area contributed by atoms with Crippen LogP contribution < -0.4 is 5.56 Å². The molecule has 1 aliphatic rings. The van der Waals surface area contributed by atoms with E-state index in [9.17, 15) is 9.59 Å².